The molecule has 0 spiro atoms. The van der Waals surface area contributed by atoms with Gasteiger partial charge in [-0.3, -0.25) is 9.59 Å². The van der Waals surface area contributed by atoms with E-state index in [9.17, 15) is 9.59 Å². The third kappa shape index (κ3) is 2.43. The van der Waals surface area contributed by atoms with E-state index in [1.807, 2.05) is 0 Å². The number of carbonyl (C=O) groups excluding carboxylic acids is 1. The van der Waals surface area contributed by atoms with E-state index in [0.717, 1.165) is 0 Å². The fraction of sp³-hybridized carbons (Fsp3) is 0.333. The smallest absolute Gasteiger partial charge is 0.305 e. The van der Waals surface area contributed by atoms with E-state index >= 15 is 0 Å². The molecule has 1 aromatic rings. The van der Waals surface area contributed by atoms with E-state index in [1.54, 1.807) is 18.2 Å². The highest BCUT2D eigenvalue weighted by Gasteiger charge is 2.25. The van der Waals surface area contributed by atoms with Gasteiger partial charge in [-0.05, 0) is 17.7 Å². The summed E-state index contributed by atoms with van der Waals surface area (Å²) in [5.41, 5.74) is 1.23. The zero-order chi connectivity index (χ0) is 13.1. The molecule has 18 heavy (non-hydrogen) atoms. The predicted molar refractivity (Wildman–Crippen MR) is 62.5 cm³/mol. The van der Waals surface area contributed by atoms with Crippen molar-refractivity contribution < 1.29 is 24.5 Å². The lowest BCUT2D eigenvalue weighted by Crippen LogP contribution is -2.40. The molecule has 1 aliphatic rings. The molecule has 6 heteroatoms. The van der Waals surface area contributed by atoms with E-state index < -0.39 is 5.97 Å². The number of fused-ring (bicyclic) bond motifs is 1. The zero-order valence-electron chi connectivity index (χ0n) is 9.63. The molecule has 0 aromatic heterocycles. The number of nitrogens with zero attached hydrogens (tertiary/aromatic N) is 1. The monoisotopic (exact) mass is 251 g/mol. The summed E-state index contributed by atoms with van der Waals surface area (Å²) in [5, 5.41) is 17.7. The van der Waals surface area contributed by atoms with Crippen LogP contribution in [0.15, 0.2) is 18.2 Å². The third-order valence-corrected chi connectivity index (χ3v) is 2.70. The van der Waals surface area contributed by atoms with Gasteiger partial charge in [-0.15, -0.1) is 0 Å². The fourth-order valence-electron chi connectivity index (χ4n) is 1.80. The van der Waals surface area contributed by atoms with Gasteiger partial charge in [-0.25, -0.2) is 0 Å². The topological polar surface area (TPSA) is 87.1 Å². The van der Waals surface area contributed by atoms with Crippen molar-refractivity contribution in [2.45, 2.75) is 13.0 Å². The van der Waals surface area contributed by atoms with Gasteiger partial charge in [0.15, 0.2) is 6.61 Å². The molecule has 0 atom stereocenters. The van der Waals surface area contributed by atoms with Crippen molar-refractivity contribution >= 4 is 17.6 Å². The average molecular weight is 251 g/mol. The number of ether oxygens (including phenoxy) is 1. The standard InChI is InChI=1S/C12H13NO5/c14-6-8-1-2-9-10(5-8)18-7-11(15)13(9)4-3-12(16)17/h1-2,5,14H,3-4,6-7H2,(H,16,17). The number of anilines is 1. The number of rotatable bonds is 4. The van der Waals surface area contributed by atoms with Gasteiger partial charge in [0.1, 0.15) is 5.75 Å². The van der Waals surface area contributed by atoms with Gasteiger partial charge in [-0.1, -0.05) is 6.07 Å². The highest BCUT2D eigenvalue weighted by Crippen LogP contribution is 2.33. The molecule has 1 heterocycles. The molecule has 0 fully saturated rings. The summed E-state index contributed by atoms with van der Waals surface area (Å²) in [6.07, 6.45) is -0.118. The second-order valence-electron chi connectivity index (χ2n) is 3.94. The van der Waals surface area contributed by atoms with Crippen LogP contribution in [0.2, 0.25) is 0 Å². The van der Waals surface area contributed by atoms with Crippen molar-refractivity contribution in [3.63, 3.8) is 0 Å². The Morgan fingerprint density at radius 1 is 1.44 bits per heavy atom. The number of aliphatic hydroxyl groups excluding tert-OH is 1. The van der Waals surface area contributed by atoms with Gasteiger partial charge in [0, 0.05) is 6.54 Å². The number of carboxylic acids is 1. The summed E-state index contributed by atoms with van der Waals surface area (Å²) in [6, 6.07) is 4.98. The van der Waals surface area contributed by atoms with Gasteiger partial charge in [-0.2, -0.15) is 0 Å². The Kier molecular flexibility index (Phi) is 3.47. The molecule has 0 bridgehead atoms. The van der Waals surface area contributed by atoms with Gasteiger partial charge >= 0.3 is 5.97 Å². The van der Waals surface area contributed by atoms with Crippen LogP contribution < -0.4 is 9.64 Å². The second-order valence-corrected chi connectivity index (χ2v) is 3.94. The third-order valence-electron chi connectivity index (χ3n) is 2.70. The molecule has 2 rings (SSSR count). The quantitative estimate of drug-likeness (QED) is 0.807. The molecule has 1 aromatic carbocycles. The first-order valence-corrected chi connectivity index (χ1v) is 5.50. The molecule has 0 radical (unpaired) electrons. The lowest BCUT2D eigenvalue weighted by atomic mass is 10.1. The average Bonchev–Trinajstić information content (AvgIpc) is 2.36. The van der Waals surface area contributed by atoms with Crippen molar-refractivity contribution in [1.29, 1.82) is 0 Å². The van der Waals surface area contributed by atoms with Crippen LogP contribution in [0.25, 0.3) is 0 Å². The molecule has 0 saturated heterocycles. The number of amides is 1. The van der Waals surface area contributed by atoms with Crippen LogP contribution in [0.5, 0.6) is 5.75 Å². The summed E-state index contributed by atoms with van der Waals surface area (Å²) >= 11 is 0. The van der Waals surface area contributed by atoms with Crippen molar-refractivity contribution in [1.82, 2.24) is 0 Å². The number of aliphatic hydroxyl groups is 1. The van der Waals surface area contributed by atoms with E-state index in [0.29, 0.717) is 17.0 Å². The first-order chi connectivity index (χ1) is 8.61. The van der Waals surface area contributed by atoms with Crippen molar-refractivity contribution in [3.8, 4) is 5.75 Å². The number of carbonyl (C=O) groups is 2. The normalized spacial score (nSPS) is 14.1. The largest absolute Gasteiger partial charge is 0.482 e. The molecule has 96 valence electrons. The van der Waals surface area contributed by atoms with E-state index in [-0.39, 0.29) is 32.1 Å². The first kappa shape index (κ1) is 12.4. The van der Waals surface area contributed by atoms with Gasteiger partial charge in [0.25, 0.3) is 5.91 Å². The highest BCUT2D eigenvalue weighted by atomic mass is 16.5. The van der Waals surface area contributed by atoms with Crippen molar-refractivity contribution in [3.05, 3.63) is 23.8 Å². The van der Waals surface area contributed by atoms with Crippen LogP contribution in [-0.4, -0.2) is 35.2 Å². The van der Waals surface area contributed by atoms with Crippen molar-refractivity contribution in [2.24, 2.45) is 0 Å². The molecule has 6 nitrogen and oxygen atoms in total. The molecule has 1 aliphatic heterocycles. The van der Waals surface area contributed by atoms with Crippen LogP contribution in [0, 0.1) is 0 Å². The zero-order valence-corrected chi connectivity index (χ0v) is 9.63. The summed E-state index contributed by atoms with van der Waals surface area (Å²) in [4.78, 5) is 23.6. The molecule has 0 aliphatic carbocycles. The minimum atomic E-state index is -0.956. The Bertz CT molecular complexity index is 485. The van der Waals surface area contributed by atoms with Crippen LogP contribution in [0.1, 0.15) is 12.0 Å². The molecule has 0 saturated carbocycles. The summed E-state index contributed by atoms with van der Waals surface area (Å²) in [5.74, 6) is -0.727. The van der Waals surface area contributed by atoms with Crippen molar-refractivity contribution in [2.75, 3.05) is 18.1 Å². The Hall–Kier alpha value is -2.08. The molecular weight excluding hydrogens is 238 g/mol. The second kappa shape index (κ2) is 5.05. The number of hydrogen-bond acceptors (Lipinski definition) is 4. The fourth-order valence-corrected chi connectivity index (χ4v) is 1.80. The van der Waals surface area contributed by atoms with Crippen LogP contribution in [-0.2, 0) is 16.2 Å². The molecule has 1 amide bonds. The van der Waals surface area contributed by atoms with Gasteiger partial charge < -0.3 is 19.8 Å². The summed E-state index contributed by atoms with van der Waals surface area (Å²) < 4.78 is 5.27. The minimum absolute atomic E-state index is 0.110. The van der Waals surface area contributed by atoms with Crippen LogP contribution in [0.3, 0.4) is 0 Å². The number of carboxylic acid groups (broad SMARTS) is 1. The number of hydrogen-bond donors (Lipinski definition) is 2. The molecular formula is C12H13NO5. The summed E-state index contributed by atoms with van der Waals surface area (Å²) in [7, 11) is 0. The summed E-state index contributed by atoms with van der Waals surface area (Å²) in [6.45, 7) is -0.107. The maximum atomic E-state index is 11.7. The maximum Gasteiger partial charge on any atom is 0.305 e. The predicted octanol–water partition coefficient (Wildman–Crippen LogP) is 0.379. The van der Waals surface area contributed by atoms with Gasteiger partial charge in [0.2, 0.25) is 0 Å². The Labute approximate surface area is 103 Å². The molecule has 0 unspecified atom stereocenters. The van der Waals surface area contributed by atoms with E-state index in [2.05, 4.69) is 0 Å². The Balaban J connectivity index is 2.26. The SMILES string of the molecule is O=C(O)CCN1C(=O)COc2cc(CO)ccc21. The lowest BCUT2D eigenvalue weighted by molar-refractivity contribution is -0.136. The molecule has 2 N–H and O–H groups in total. The highest BCUT2D eigenvalue weighted by molar-refractivity contribution is 5.98. The Morgan fingerprint density at radius 3 is 2.89 bits per heavy atom. The Morgan fingerprint density at radius 2 is 2.22 bits per heavy atom. The lowest BCUT2D eigenvalue weighted by Gasteiger charge is -2.29. The van der Waals surface area contributed by atoms with Gasteiger partial charge in [0.05, 0.1) is 18.7 Å². The van der Waals surface area contributed by atoms with E-state index in [1.165, 1.54) is 4.90 Å². The number of aliphatic carboxylic acids is 1. The first-order valence-electron chi connectivity index (χ1n) is 5.50. The maximum absolute atomic E-state index is 11.7. The van der Waals surface area contributed by atoms with Crippen LogP contribution in [0.4, 0.5) is 5.69 Å². The number of benzene rings is 1. The van der Waals surface area contributed by atoms with Crippen LogP contribution >= 0.6 is 0 Å². The minimum Gasteiger partial charge on any atom is -0.482 e. The van der Waals surface area contributed by atoms with E-state index in [4.69, 9.17) is 14.9 Å².